The number of nitrogens with zero attached hydrogens (tertiary/aromatic N) is 2. The molecule has 0 bridgehead atoms. The summed E-state index contributed by atoms with van der Waals surface area (Å²) < 4.78 is 6.90. The van der Waals surface area contributed by atoms with E-state index in [-0.39, 0.29) is 12.4 Å². The molecule has 2 atom stereocenters. The smallest absolute Gasteiger partial charge is 0.351 e. The van der Waals surface area contributed by atoms with Gasteiger partial charge in [-0.25, -0.2) is 4.79 Å². The Hall–Kier alpha value is -1.92. The molecule has 0 saturated carbocycles. The van der Waals surface area contributed by atoms with Crippen LogP contribution in [0.3, 0.4) is 0 Å². The molecular weight excluding hydrogens is 234 g/mol. The van der Waals surface area contributed by atoms with Crippen molar-refractivity contribution < 1.29 is 9.84 Å². The van der Waals surface area contributed by atoms with Crippen LogP contribution in [-0.2, 0) is 4.74 Å². The molecular formula is C12H15N3O3. The fourth-order valence-corrected chi connectivity index (χ4v) is 1.88. The molecule has 0 fully saturated rings. The molecule has 6 nitrogen and oxygen atoms in total. The first-order valence-corrected chi connectivity index (χ1v) is 5.58. The van der Waals surface area contributed by atoms with E-state index >= 15 is 0 Å². The number of hydrogen-bond donors (Lipinski definition) is 2. The van der Waals surface area contributed by atoms with Crippen LogP contribution in [0.25, 0.3) is 0 Å². The SMILES string of the molecule is C=CCC1=C[C@H](n2ccc(N)nc2=O)O[C@@H]1CO. The summed E-state index contributed by atoms with van der Waals surface area (Å²) >= 11 is 0. The van der Waals surface area contributed by atoms with Crippen molar-refractivity contribution >= 4 is 5.82 Å². The first kappa shape index (κ1) is 12.5. The van der Waals surface area contributed by atoms with Gasteiger partial charge in [0.25, 0.3) is 0 Å². The standard InChI is InChI=1S/C12H15N3O3/c1-2-3-8-6-11(18-9(8)7-16)15-5-4-10(13)14-12(15)17/h2,4-6,9,11,16H,1,3,7H2,(H2,13,14,17)/t9-,11-/m1/s1. The molecule has 1 aliphatic heterocycles. The minimum atomic E-state index is -0.558. The Morgan fingerprint density at radius 3 is 3.06 bits per heavy atom. The lowest BCUT2D eigenvalue weighted by molar-refractivity contribution is -0.0142. The lowest BCUT2D eigenvalue weighted by atomic mass is 10.1. The number of nitrogens with two attached hydrogens (primary N) is 1. The third kappa shape index (κ3) is 2.34. The molecule has 0 amide bonds. The molecule has 1 aliphatic rings. The Bertz CT molecular complexity index is 536. The van der Waals surface area contributed by atoms with Gasteiger partial charge in [-0.1, -0.05) is 6.08 Å². The second kappa shape index (κ2) is 5.16. The van der Waals surface area contributed by atoms with Crippen LogP contribution in [0.15, 0.2) is 41.4 Å². The molecule has 2 rings (SSSR count). The first-order chi connectivity index (χ1) is 8.65. The summed E-state index contributed by atoms with van der Waals surface area (Å²) in [6.45, 7) is 3.51. The predicted molar refractivity (Wildman–Crippen MR) is 66.8 cm³/mol. The summed E-state index contributed by atoms with van der Waals surface area (Å²) in [7, 11) is 0. The maximum atomic E-state index is 11.7. The number of hydrogen-bond acceptors (Lipinski definition) is 5. The normalized spacial score (nSPS) is 22.8. The van der Waals surface area contributed by atoms with E-state index in [0.717, 1.165) is 5.57 Å². The van der Waals surface area contributed by atoms with Gasteiger partial charge in [-0.15, -0.1) is 6.58 Å². The van der Waals surface area contributed by atoms with E-state index in [2.05, 4.69) is 11.6 Å². The van der Waals surface area contributed by atoms with Gasteiger partial charge in [-0.05, 0) is 24.1 Å². The highest BCUT2D eigenvalue weighted by atomic mass is 16.5. The number of ether oxygens (including phenoxy) is 1. The van der Waals surface area contributed by atoms with Gasteiger partial charge in [-0.3, -0.25) is 4.57 Å². The number of allylic oxidation sites excluding steroid dienone is 1. The van der Waals surface area contributed by atoms with Crippen molar-refractivity contribution in [3.8, 4) is 0 Å². The molecule has 3 N–H and O–H groups in total. The van der Waals surface area contributed by atoms with Crippen LogP contribution in [0.4, 0.5) is 5.82 Å². The van der Waals surface area contributed by atoms with Crippen LogP contribution in [0, 0.1) is 0 Å². The van der Waals surface area contributed by atoms with Gasteiger partial charge in [0.2, 0.25) is 0 Å². The molecule has 1 aromatic rings. The maximum absolute atomic E-state index is 11.7. The van der Waals surface area contributed by atoms with Crippen molar-refractivity contribution in [1.82, 2.24) is 9.55 Å². The number of aliphatic hydroxyl groups excluding tert-OH is 1. The second-order valence-corrected chi connectivity index (χ2v) is 3.97. The minimum absolute atomic E-state index is 0.132. The minimum Gasteiger partial charge on any atom is -0.393 e. The lowest BCUT2D eigenvalue weighted by Gasteiger charge is -2.15. The van der Waals surface area contributed by atoms with Gasteiger partial charge in [-0.2, -0.15) is 4.98 Å². The molecule has 96 valence electrons. The fraction of sp³-hybridized carbons (Fsp3) is 0.333. The van der Waals surface area contributed by atoms with Crippen LogP contribution >= 0.6 is 0 Å². The quantitative estimate of drug-likeness (QED) is 0.745. The molecule has 0 saturated heterocycles. The van der Waals surface area contributed by atoms with Gasteiger partial charge in [0.05, 0.1) is 6.61 Å². The van der Waals surface area contributed by atoms with Crippen molar-refractivity contribution in [2.24, 2.45) is 0 Å². The van der Waals surface area contributed by atoms with Crippen LogP contribution in [0.5, 0.6) is 0 Å². The van der Waals surface area contributed by atoms with E-state index in [9.17, 15) is 9.90 Å². The topological polar surface area (TPSA) is 90.4 Å². The van der Waals surface area contributed by atoms with E-state index in [0.29, 0.717) is 6.42 Å². The van der Waals surface area contributed by atoms with E-state index in [1.54, 1.807) is 12.2 Å². The molecule has 2 heterocycles. The van der Waals surface area contributed by atoms with Gasteiger partial charge >= 0.3 is 5.69 Å². The Morgan fingerprint density at radius 1 is 1.67 bits per heavy atom. The number of anilines is 1. The van der Waals surface area contributed by atoms with E-state index in [4.69, 9.17) is 10.5 Å². The number of aromatic nitrogens is 2. The summed E-state index contributed by atoms with van der Waals surface area (Å²) in [4.78, 5) is 15.3. The Kier molecular flexibility index (Phi) is 3.59. The molecule has 1 aromatic heterocycles. The average molecular weight is 249 g/mol. The summed E-state index contributed by atoms with van der Waals surface area (Å²) in [5.74, 6) is 0.170. The zero-order chi connectivity index (χ0) is 13.1. The number of rotatable bonds is 4. The fourth-order valence-electron chi connectivity index (χ4n) is 1.88. The van der Waals surface area contributed by atoms with Crippen molar-refractivity contribution in [2.75, 3.05) is 12.3 Å². The number of nitrogen functional groups attached to an aromatic ring is 1. The number of aliphatic hydroxyl groups is 1. The molecule has 6 heteroatoms. The van der Waals surface area contributed by atoms with E-state index < -0.39 is 18.0 Å². The Labute approximate surface area is 104 Å². The summed E-state index contributed by atoms with van der Waals surface area (Å²) in [6, 6.07) is 1.53. The van der Waals surface area contributed by atoms with Crippen molar-refractivity contribution in [2.45, 2.75) is 18.8 Å². The van der Waals surface area contributed by atoms with Crippen LogP contribution in [0.1, 0.15) is 12.6 Å². The van der Waals surface area contributed by atoms with Gasteiger partial charge in [0.15, 0.2) is 6.23 Å². The van der Waals surface area contributed by atoms with Crippen LogP contribution < -0.4 is 11.4 Å². The van der Waals surface area contributed by atoms with E-state index in [1.807, 2.05) is 0 Å². The average Bonchev–Trinajstić information content (AvgIpc) is 2.72. The summed E-state index contributed by atoms with van der Waals surface area (Å²) in [5, 5.41) is 9.22. The third-order valence-electron chi connectivity index (χ3n) is 2.75. The van der Waals surface area contributed by atoms with Crippen LogP contribution in [0.2, 0.25) is 0 Å². The molecule has 0 unspecified atom stereocenters. The predicted octanol–water partition coefficient (Wildman–Crippen LogP) is 0.218. The molecule has 0 spiro atoms. The molecule has 0 aromatic carbocycles. The van der Waals surface area contributed by atoms with Gasteiger partial charge < -0.3 is 15.6 Å². The Balaban J connectivity index is 2.30. The highest BCUT2D eigenvalue weighted by Crippen LogP contribution is 2.28. The third-order valence-corrected chi connectivity index (χ3v) is 2.75. The first-order valence-electron chi connectivity index (χ1n) is 5.58. The maximum Gasteiger partial charge on any atom is 0.351 e. The van der Waals surface area contributed by atoms with Gasteiger partial charge in [0, 0.05) is 6.20 Å². The van der Waals surface area contributed by atoms with Crippen LogP contribution in [-0.4, -0.2) is 27.4 Å². The molecule has 0 radical (unpaired) electrons. The lowest BCUT2D eigenvalue weighted by Crippen LogP contribution is -2.28. The van der Waals surface area contributed by atoms with E-state index in [1.165, 1.54) is 16.8 Å². The largest absolute Gasteiger partial charge is 0.393 e. The second-order valence-electron chi connectivity index (χ2n) is 3.97. The van der Waals surface area contributed by atoms with Gasteiger partial charge in [0.1, 0.15) is 11.9 Å². The monoisotopic (exact) mass is 249 g/mol. The summed E-state index contributed by atoms with van der Waals surface area (Å²) in [6.07, 6.45) is 4.69. The highest BCUT2D eigenvalue weighted by molar-refractivity contribution is 5.24. The zero-order valence-corrected chi connectivity index (χ0v) is 9.82. The zero-order valence-electron chi connectivity index (χ0n) is 9.82. The van der Waals surface area contributed by atoms with Crippen molar-refractivity contribution in [3.05, 3.63) is 47.1 Å². The molecule has 18 heavy (non-hydrogen) atoms. The highest BCUT2D eigenvalue weighted by Gasteiger charge is 2.27. The van der Waals surface area contributed by atoms with Crippen molar-refractivity contribution in [3.63, 3.8) is 0 Å². The molecule has 0 aliphatic carbocycles. The summed E-state index contributed by atoms with van der Waals surface area (Å²) in [5.41, 5.74) is 5.85. The van der Waals surface area contributed by atoms with Crippen molar-refractivity contribution in [1.29, 1.82) is 0 Å². The Morgan fingerprint density at radius 2 is 2.44 bits per heavy atom.